The van der Waals surface area contributed by atoms with Crippen molar-refractivity contribution in [2.45, 2.75) is 0 Å². The Morgan fingerprint density at radius 3 is 2.21 bits per heavy atom. The highest BCUT2D eigenvalue weighted by atomic mass is 35.5. The number of carbonyl (C=O) groups excluding carboxylic acids is 2. The number of anilines is 1. The summed E-state index contributed by atoms with van der Waals surface area (Å²) in [6.45, 7) is 0. The van der Waals surface area contributed by atoms with Crippen molar-refractivity contribution in [2.24, 2.45) is 0 Å². The summed E-state index contributed by atoms with van der Waals surface area (Å²) in [4.78, 5) is 24.2. The third-order valence-electron chi connectivity index (χ3n) is 3.46. The van der Waals surface area contributed by atoms with Gasteiger partial charge in [0.05, 0.1) is 5.56 Å². The second kappa shape index (κ2) is 7.15. The van der Waals surface area contributed by atoms with Gasteiger partial charge in [-0.05, 0) is 35.0 Å². The van der Waals surface area contributed by atoms with Crippen molar-refractivity contribution in [1.29, 1.82) is 0 Å². The molecule has 0 saturated heterocycles. The predicted molar refractivity (Wildman–Crippen MR) is 94.7 cm³/mol. The molecule has 0 unspecified atom stereocenters. The number of nitrogens with one attached hydrogen (secondary N) is 1. The standard InChI is InChI=1S/C19H14ClNO3/c20-12-18(22)24-17-11-14-7-5-4-6-13(14)10-16(17)19(23)21-15-8-2-1-3-9-15/h1-11H,12H2,(H,21,23). The number of alkyl halides is 1. The number of hydrogen-bond donors (Lipinski definition) is 1. The zero-order valence-corrected chi connectivity index (χ0v) is 13.4. The van der Waals surface area contributed by atoms with Gasteiger partial charge in [-0.25, -0.2) is 0 Å². The summed E-state index contributed by atoms with van der Waals surface area (Å²) in [6, 6.07) is 20.0. The smallest absolute Gasteiger partial charge is 0.326 e. The molecule has 5 heteroatoms. The summed E-state index contributed by atoms with van der Waals surface area (Å²) < 4.78 is 5.23. The highest BCUT2D eigenvalue weighted by molar-refractivity contribution is 6.26. The van der Waals surface area contributed by atoms with Crippen LogP contribution in [0.2, 0.25) is 0 Å². The maximum absolute atomic E-state index is 12.6. The fourth-order valence-corrected chi connectivity index (χ4v) is 2.41. The molecule has 0 fully saturated rings. The third-order valence-corrected chi connectivity index (χ3v) is 3.68. The van der Waals surface area contributed by atoms with E-state index in [-0.39, 0.29) is 23.1 Å². The average molecular weight is 340 g/mol. The van der Waals surface area contributed by atoms with Crippen molar-refractivity contribution < 1.29 is 14.3 Å². The van der Waals surface area contributed by atoms with Gasteiger partial charge in [-0.1, -0.05) is 42.5 Å². The molecule has 0 saturated carbocycles. The normalized spacial score (nSPS) is 10.4. The molecule has 0 spiro atoms. The number of benzene rings is 3. The van der Waals surface area contributed by atoms with Crippen LogP contribution in [0.3, 0.4) is 0 Å². The van der Waals surface area contributed by atoms with Gasteiger partial charge in [-0.3, -0.25) is 9.59 Å². The molecule has 0 radical (unpaired) electrons. The Kier molecular flexibility index (Phi) is 4.77. The molecule has 0 aliphatic carbocycles. The average Bonchev–Trinajstić information content (AvgIpc) is 2.61. The molecule has 4 nitrogen and oxygen atoms in total. The number of para-hydroxylation sites is 1. The van der Waals surface area contributed by atoms with Crippen LogP contribution < -0.4 is 10.1 Å². The second-order valence-corrected chi connectivity index (χ2v) is 5.39. The summed E-state index contributed by atoms with van der Waals surface area (Å²) in [6.07, 6.45) is 0. The molecule has 0 atom stereocenters. The van der Waals surface area contributed by atoms with Crippen molar-refractivity contribution in [3.8, 4) is 5.75 Å². The van der Waals surface area contributed by atoms with Crippen molar-refractivity contribution >= 4 is 39.9 Å². The van der Waals surface area contributed by atoms with Crippen molar-refractivity contribution in [2.75, 3.05) is 11.2 Å². The Morgan fingerprint density at radius 1 is 0.917 bits per heavy atom. The second-order valence-electron chi connectivity index (χ2n) is 5.12. The molecular weight excluding hydrogens is 326 g/mol. The number of fused-ring (bicyclic) bond motifs is 1. The van der Waals surface area contributed by atoms with Crippen LogP contribution in [0.4, 0.5) is 5.69 Å². The Morgan fingerprint density at radius 2 is 1.54 bits per heavy atom. The van der Waals surface area contributed by atoms with E-state index < -0.39 is 5.97 Å². The van der Waals surface area contributed by atoms with Crippen LogP contribution in [0.5, 0.6) is 5.75 Å². The van der Waals surface area contributed by atoms with Gasteiger partial charge in [-0.15, -0.1) is 11.6 Å². The molecule has 0 heterocycles. The third kappa shape index (κ3) is 3.55. The first kappa shape index (κ1) is 16.0. The first-order valence-corrected chi connectivity index (χ1v) is 7.86. The highest BCUT2D eigenvalue weighted by Crippen LogP contribution is 2.27. The van der Waals surface area contributed by atoms with E-state index in [2.05, 4.69) is 5.32 Å². The van der Waals surface area contributed by atoms with Crippen molar-refractivity contribution in [3.63, 3.8) is 0 Å². The van der Waals surface area contributed by atoms with E-state index in [9.17, 15) is 9.59 Å². The number of halogens is 1. The number of hydrogen-bond acceptors (Lipinski definition) is 3. The van der Waals surface area contributed by atoms with Gasteiger partial charge in [0.1, 0.15) is 11.6 Å². The molecule has 0 aliphatic rings. The lowest BCUT2D eigenvalue weighted by Gasteiger charge is -2.12. The molecule has 120 valence electrons. The van der Waals surface area contributed by atoms with Gasteiger partial charge in [0.25, 0.3) is 5.91 Å². The monoisotopic (exact) mass is 339 g/mol. The van der Waals surface area contributed by atoms with Crippen LogP contribution in [0.1, 0.15) is 10.4 Å². The van der Waals surface area contributed by atoms with Crippen LogP contribution in [0.15, 0.2) is 66.7 Å². The topological polar surface area (TPSA) is 55.4 Å². The first-order valence-electron chi connectivity index (χ1n) is 7.33. The summed E-state index contributed by atoms with van der Waals surface area (Å²) in [5.41, 5.74) is 0.932. The molecular formula is C19H14ClNO3. The van der Waals surface area contributed by atoms with Gasteiger partial charge in [-0.2, -0.15) is 0 Å². The lowest BCUT2D eigenvalue weighted by molar-refractivity contribution is -0.131. The summed E-state index contributed by atoms with van der Waals surface area (Å²) in [7, 11) is 0. The van der Waals surface area contributed by atoms with Gasteiger partial charge in [0.2, 0.25) is 0 Å². The number of rotatable bonds is 4. The van der Waals surface area contributed by atoms with Gasteiger partial charge < -0.3 is 10.1 Å². The Balaban J connectivity index is 2.01. The maximum atomic E-state index is 12.6. The minimum Gasteiger partial charge on any atom is -0.425 e. The van der Waals surface area contributed by atoms with Crippen LogP contribution in [-0.4, -0.2) is 17.8 Å². The predicted octanol–water partition coefficient (Wildman–Crippen LogP) is 4.24. The Labute approximate surface area is 144 Å². The van der Waals surface area contributed by atoms with Gasteiger partial charge in [0, 0.05) is 5.69 Å². The minimum absolute atomic E-state index is 0.188. The zero-order chi connectivity index (χ0) is 16.9. The SMILES string of the molecule is O=C(CCl)Oc1cc2ccccc2cc1C(=O)Nc1ccccc1. The Hall–Kier alpha value is -2.85. The summed E-state index contributed by atoms with van der Waals surface area (Å²) in [5, 5.41) is 4.53. The van der Waals surface area contributed by atoms with Crippen LogP contribution in [0, 0.1) is 0 Å². The number of carbonyl (C=O) groups is 2. The molecule has 0 aliphatic heterocycles. The fraction of sp³-hybridized carbons (Fsp3) is 0.0526. The summed E-state index contributed by atoms with van der Waals surface area (Å²) >= 11 is 5.51. The molecule has 1 N–H and O–H groups in total. The van der Waals surface area contributed by atoms with E-state index >= 15 is 0 Å². The van der Waals surface area contributed by atoms with Gasteiger partial charge in [0.15, 0.2) is 0 Å². The van der Waals surface area contributed by atoms with E-state index in [1.54, 1.807) is 24.3 Å². The maximum Gasteiger partial charge on any atom is 0.326 e. The van der Waals surface area contributed by atoms with Crippen molar-refractivity contribution in [3.05, 3.63) is 72.3 Å². The van der Waals surface area contributed by atoms with E-state index in [0.29, 0.717) is 5.69 Å². The molecule has 1 amide bonds. The highest BCUT2D eigenvalue weighted by Gasteiger charge is 2.17. The minimum atomic E-state index is -0.610. The quantitative estimate of drug-likeness (QED) is 0.439. The van der Waals surface area contributed by atoms with Crippen LogP contribution in [-0.2, 0) is 4.79 Å². The van der Waals surface area contributed by atoms with Crippen LogP contribution in [0.25, 0.3) is 10.8 Å². The fourth-order valence-electron chi connectivity index (χ4n) is 2.35. The lowest BCUT2D eigenvalue weighted by atomic mass is 10.1. The number of ether oxygens (including phenoxy) is 1. The largest absolute Gasteiger partial charge is 0.425 e. The van der Waals surface area contributed by atoms with E-state index in [0.717, 1.165) is 10.8 Å². The Bertz CT molecular complexity index is 894. The van der Waals surface area contributed by atoms with E-state index in [1.165, 1.54) is 0 Å². The lowest BCUT2D eigenvalue weighted by Crippen LogP contribution is -2.16. The summed E-state index contributed by atoms with van der Waals surface area (Å²) in [5.74, 6) is -1.06. The van der Waals surface area contributed by atoms with Crippen LogP contribution >= 0.6 is 11.6 Å². The van der Waals surface area contributed by atoms with Gasteiger partial charge >= 0.3 is 5.97 Å². The van der Waals surface area contributed by atoms with Crippen molar-refractivity contribution in [1.82, 2.24) is 0 Å². The molecule has 0 aromatic heterocycles. The molecule has 3 aromatic carbocycles. The van der Waals surface area contributed by atoms with E-state index in [1.807, 2.05) is 42.5 Å². The number of amides is 1. The zero-order valence-electron chi connectivity index (χ0n) is 12.7. The molecule has 3 aromatic rings. The molecule has 24 heavy (non-hydrogen) atoms. The van der Waals surface area contributed by atoms with E-state index in [4.69, 9.17) is 16.3 Å². The first-order chi connectivity index (χ1) is 11.7. The number of esters is 1. The molecule has 3 rings (SSSR count). The molecule has 0 bridgehead atoms.